The molecule has 1 aromatic heterocycles. The second kappa shape index (κ2) is 9.09. The minimum absolute atomic E-state index is 0.108. The molecule has 0 saturated carbocycles. The molecule has 0 spiro atoms. The third-order valence-corrected chi connectivity index (χ3v) is 5.54. The highest BCUT2D eigenvalue weighted by Crippen LogP contribution is 2.38. The zero-order chi connectivity index (χ0) is 22.7. The number of pyridine rings is 1. The van der Waals surface area contributed by atoms with Gasteiger partial charge >= 0.3 is 0 Å². The van der Waals surface area contributed by atoms with Crippen LogP contribution in [0.15, 0.2) is 60.8 Å². The number of hydrogen-bond acceptors (Lipinski definition) is 5. The Morgan fingerprint density at radius 1 is 1.06 bits per heavy atom. The molecule has 164 valence electrons. The number of nitrogens with one attached hydrogen (secondary N) is 1. The van der Waals surface area contributed by atoms with E-state index >= 15 is 0 Å². The van der Waals surface area contributed by atoms with Gasteiger partial charge in [0.05, 0.1) is 37.9 Å². The monoisotopic (exact) mass is 431 g/mol. The molecule has 1 N–H and O–H groups in total. The molecule has 3 aromatic rings. The number of carbonyl (C=O) groups is 2. The highest BCUT2D eigenvalue weighted by Gasteiger charge is 2.39. The number of fused-ring (bicyclic) bond motifs is 1. The lowest BCUT2D eigenvalue weighted by atomic mass is 10.1. The minimum atomic E-state index is -0.466. The summed E-state index contributed by atoms with van der Waals surface area (Å²) in [5.41, 5.74) is 3.88. The van der Waals surface area contributed by atoms with E-state index in [0.717, 1.165) is 16.8 Å². The smallest absolute Gasteiger partial charge is 0.260 e. The van der Waals surface area contributed by atoms with E-state index in [4.69, 9.17) is 9.47 Å². The number of methoxy groups -OCH3 is 2. The van der Waals surface area contributed by atoms with E-state index in [1.54, 1.807) is 43.5 Å². The molecule has 1 aliphatic rings. The fraction of sp³-hybridized carbons (Fsp3) is 0.240. The molecule has 0 radical (unpaired) electrons. The number of aryl methyl sites for hydroxylation is 1. The predicted molar refractivity (Wildman–Crippen MR) is 121 cm³/mol. The number of rotatable bonds is 7. The SMILES string of the molecule is COc1ccc(CNC(=O)C[C@@H]2c3ncccc3C(=O)N2c2ccc(C)cc2)cc1OC. The Kier molecular flexibility index (Phi) is 6.07. The Bertz CT molecular complexity index is 1140. The number of carbonyl (C=O) groups excluding carboxylic acids is 2. The average Bonchev–Trinajstić information content (AvgIpc) is 3.09. The van der Waals surface area contributed by atoms with E-state index in [1.165, 1.54) is 0 Å². The molecule has 1 atom stereocenters. The van der Waals surface area contributed by atoms with Crippen LogP contribution in [-0.4, -0.2) is 31.0 Å². The van der Waals surface area contributed by atoms with Crippen molar-refractivity contribution < 1.29 is 19.1 Å². The van der Waals surface area contributed by atoms with Gasteiger partial charge in [0.1, 0.15) is 0 Å². The summed E-state index contributed by atoms with van der Waals surface area (Å²) in [4.78, 5) is 32.1. The van der Waals surface area contributed by atoms with Crippen molar-refractivity contribution in [2.75, 3.05) is 19.1 Å². The van der Waals surface area contributed by atoms with Crippen LogP contribution >= 0.6 is 0 Å². The van der Waals surface area contributed by atoms with Crippen molar-refractivity contribution in [3.8, 4) is 11.5 Å². The van der Waals surface area contributed by atoms with Crippen molar-refractivity contribution in [1.82, 2.24) is 10.3 Å². The summed E-state index contributed by atoms with van der Waals surface area (Å²) in [6.07, 6.45) is 1.76. The molecule has 1 aliphatic heterocycles. The number of amides is 2. The Hall–Kier alpha value is -3.87. The Morgan fingerprint density at radius 3 is 2.53 bits per heavy atom. The van der Waals surface area contributed by atoms with E-state index in [1.807, 2.05) is 43.3 Å². The molecule has 2 heterocycles. The van der Waals surface area contributed by atoms with Gasteiger partial charge in [-0.15, -0.1) is 0 Å². The molecule has 0 saturated heterocycles. The molecule has 2 aromatic carbocycles. The molecular formula is C25H25N3O4. The second-order valence-corrected chi connectivity index (χ2v) is 7.63. The van der Waals surface area contributed by atoms with Crippen molar-refractivity contribution in [3.05, 3.63) is 83.2 Å². The fourth-order valence-electron chi connectivity index (χ4n) is 3.89. The molecule has 0 aliphatic carbocycles. The molecule has 7 heteroatoms. The first kappa shape index (κ1) is 21.4. The van der Waals surface area contributed by atoms with E-state index < -0.39 is 6.04 Å². The Balaban J connectivity index is 1.52. The number of anilines is 1. The van der Waals surface area contributed by atoms with Gasteiger partial charge < -0.3 is 14.8 Å². The maximum atomic E-state index is 13.1. The van der Waals surface area contributed by atoms with Gasteiger partial charge in [0, 0.05) is 18.4 Å². The van der Waals surface area contributed by atoms with Crippen LogP contribution in [0, 0.1) is 6.92 Å². The van der Waals surface area contributed by atoms with Gasteiger partial charge in [-0.3, -0.25) is 19.5 Å². The average molecular weight is 431 g/mol. The van der Waals surface area contributed by atoms with Crippen LogP contribution in [0.4, 0.5) is 5.69 Å². The second-order valence-electron chi connectivity index (χ2n) is 7.63. The number of ether oxygens (including phenoxy) is 2. The van der Waals surface area contributed by atoms with Crippen LogP contribution < -0.4 is 19.7 Å². The molecule has 0 bridgehead atoms. The lowest BCUT2D eigenvalue weighted by molar-refractivity contribution is -0.121. The van der Waals surface area contributed by atoms with Gasteiger partial charge in [-0.1, -0.05) is 23.8 Å². The van der Waals surface area contributed by atoms with Crippen LogP contribution in [0.2, 0.25) is 0 Å². The molecule has 4 rings (SSSR count). The first-order valence-electron chi connectivity index (χ1n) is 10.3. The van der Waals surface area contributed by atoms with Crippen LogP contribution in [-0.2, 0) is 11.3 Å². The summed E-state index contributed by atoms with van der Waals surface area (Å²) in [6.45, 7) is 2.32. The van der Waals surface area contributed by atoms with Crippen LogP contribution in [0.25, 0.3) is 0 Å². The summed E-state index contributed by atoms with van der Waals surface area (Å²) in [6, 6.07) is 16.2. The summed E-state index contributed by atoms with van der Waals surface area (Å²) < 4.78 is 10.6. The lowest BCUT2D eigenvalue weighted by Gasteiger charge is -2.25. The van der Waals surface area contributed by atoms with Gasteiger partial charge in [-0.2, -0.15) is 0 Å². The fourth-order valence-corrected chi connectivity index (χ4v) is 3.89. The third kappa shape index (κ3) is 4.14. The van der Waals surface area contributed by atoms with Gasteiger partial charge in [0.25, 0.3) is 5.91 Å². The highest BCUT2D eigenvalue weighted by molar-refractivity contribution is 6.11. The number of aromatic nitrogens is 1. The van der Waals surface area contributed by atoms with E-state index in [2.05, 4.69) is 10.3 Å². The predicted octanol–water partition coefficient (Wildman–Crippen LogP) is 3.82. The summed E-state index contributed by atoms with van der Waals surface area (Å²) >= 11 is 0. The van der Waals surface area contributed by atoms with E-state index in [-0.39, 0.29) is 18.2 Å². The quantitative estimate of drug-likeness (QED) is 0.615. The first-order chi connectivity index (χ1) is 15.5. The number of hydrogen-bond donors (Lipinski definition) is 1. The number of benzene rings is 2. The van der Waals surface area contributed by atoms with Crippen LogP contribution in [0.1, 0.15) is 39.6 Å². The van der Waals surface area contributed by atoms with Gasteiger partial charge in [-0.05, 0) is 48.9 Å². The first-order valence-corrected chi connectivity index (χ1v) is 10.3. The van der Waals surface area contributed by atoms with E-state index in [9.17, 15) is 9.59 Å². The molecular weight excluding hydrogens is 406 g/mol. The van der Waals surface area contributed by atoms with Crippen molar-refractivity contribution in [1.29, 1.82) is 0 Å². The van der Waals surface area contributed by atoms with Crippen molar-refractivity contribution in [2.45, 2.75) is 25.9 Å². The molecule has 0 unspecified atom stereocenters. The topological polar surface area (TPSA) is 80.8 Å². The van der Waals surface area contributed by atoms with Crippen molar-refractivity contribution >= 4 is 17.5 Å². The van der Waals surface area contributed by atoms with Crippen LogP contribution in [0.3, 0.4) is 0 Å². The highest BCUT2D eigenvalue weighted by atomic mass is 16.5. The summed E-state index contributed by atoms with van der Waals surface area (Å²) in [5.74, 6) is 0.913. The van der Waals surface area contributed by atoms with E-state index in [0.29, 0.717) is 29.3 Å². The molecule has 32 heavy (non-hydrogen) atoms. The zero-order valence-corrected chi connectivity index (χ0v) is 18.3. The van der Waals surface area contributed by atoms with Gasteiger partial charge in [0.15, 0.2) is 11.5 Å². The Labute approximate surface area is 187 Å². The number of nitrogens with zero attached hydrogens (tertiary/aromatic N) is 2. The Morgan fingerprint density at radius 2 is 1.81 bits per heavy atom. The molecule has 7 nitrogen and oxygen atoms in total. The molecule has 0 fully saturated rings. The third-order valence-electron chi connectivity index (χ3n) is 5.54. The largest absolute Gasteiger partial charge is 0.493 e. The van der Waals surface area contributed by atoms with Gasteiger partial charge in [0.2, 0.25) is 5.91 Å². The van der Waals surface area contributed by atoms with Crippen LogP contribution in [0.5, 0.6) is 11.5 Å². The minimum Gasteiger partial charge on any atom is -0.493 e. The summed E-state index contributed by atoms with van der Waals surface area (Å²) in [5, 5.41) is 2.94. The van der Waals surface area contributed by atoms with Gasteiger partial charge in [-0.25, -0.2) is 0 Å². The normalized spacial score (nSPS) is 14.8. The zero-order valence-electron chi connectivity index (χ0n) is 18.3. The maximum absolute atomic E-state index is 13.1. The molecule has 2 amide bonds. The standard InChI is InChI=1S/C25H25N3O4/c1-16-6-9-18(10-7-16)28-20(24-19(25(28)30)5-4-12-26-24)14-23(29)27-15-17-8-11-21(31-2)22(13-17)32-3/h4-13,20H,14-15H2,1-3H3,(H,27,29)/t20-/m1/s1. The van der Waals surface area contributed by atoms with Crippen molar-refractivity contribution in [3.63, 3.8) is 0 Å². The maximum Gasteiger partial charge on any atom is 0.260 e. The summed E-state index contributed by atoms with van der Waals surface area (Å²) in [7, 11) is 3.15. The lowest BCUT2D eigenvalue weighted by Crippen LogP contribution is -2.33. The van der Waals surface area contributed by atoms with Crippen molar-refractivity contribution in [2.24, 2.45) is 0 Å².